The Morgan fingerprint density at radius 1 is 1.24 bits per heavy atom. The quantitative estimate of drug-likeness (QED) is 0.508. The number of hydrogen-bond acceptors (Lipinski definition) is 3. The standard InChI is InChI=1S/C12H25FN2O2/c1-9(2)12(13)14(5)7-11(16)15(6)8-17-10(3)4/h9-10,12H,7-8H2,1-6H3. The van der Waals surface area contributed by atoms with Crippen LogP contribution in [0.3, 0.4) is 0 Å². The molecule has 1 atom stereocenters. The van der Waals surface area contributed by atoms with Gasteiger partial charge in [0.2, 0.25) is 5.91 Å². The van der Waals surface area contributed by atoms with Crippen molar-refractivity contribution in [1.29, 1.82) is 0 Å². The maximum atomic E-state index is 13.6. The fraction of sp³-hybridized carbons (Fsp3) is 0.917. The van der Waals surface area contributed by atoms with Crippen LogP contribution in [0.4, 0.5) is 4.39 Å². The van der Waals surface area contributed by atoms with Gasteiger partial charge >= 0.3 is 0 Å². The van der Waals surface area contributed by atoms with Crippen LogP contribution in [0, 0.1) is 5.92 Å². The minimum Gasteiger partial charge on any atom is -0.358 e. The molecule has 0 heterocycles. The Kier molecular flexibility index (Phi) is 7.30. The molecule has 102 valence electrons. The van der Waals surface area contributed by atoms with Crippen LogP contribution in [0.1, 0.15) is 27.7 Å². The second kappa shape index (κ2) is 7.61. The Morgan fingerprint density at radius 3 is 2.18 bits per heavy atom. The van der Waals surface area contributed by atoms with Crippen LogP contribution in [0.25, 0.3) is 0 Å². The van der Waals surface area contributed by atoms with Crippen molar-refractivity contribution in [2.24, 2.45) is 5.92 Å². The molecule has 1 unspecified atom stereocenters. The highest BCUT2D eigenvalue weighted by Crippen LogP contribution is 2.10. The van der Waals surface area contributed by atoms with Crippen molar-refractivity contribution in [3.8, 4) is 0 Å². The summed E-state index contributed by atoms with van der Waals surface area (Å²) in [5.41, 5.74) is 0. The smallest absolute Gasteiger partial charge is 0.238 e. The highest BCUT2D eigenvalue weighted by molar-refractivity contribution is 5.77. The predicted octanol–water partition coefficient (Wildman–Crippen LogP) is 1.71. The number of carbonyl (C=O) groups is 1. The first-order chi connectivity index (χ1) is 7.75. The number of nitrogens with zero attached hydrogens (tertiary/aromatic N) is 2. The molecule has 0 bridgehead atoms. The Hall–Kier alpha value is -0.680. The summed E-state index contributed by atoms with van der Waals surface area (Å²) in [6.45, 7) is 7.69. The lowest BCUT2D eigenvalue weighted by Gasteiger charge is -2.26. The van der Waals surface area contributed by atoms with Gasteiger partial charge in [0.25, 0.3) is 0 Å². The number of hydrogen-bond donors (Lipinski definition) is 0. The van der Waals surface area contributed by atoms with Crippen molar-refractivity contribution < 1.29 is 13.9 Å². The van der Waals surface area contributed by atoms with Crippen molar-refractivity contribution >= 4 is 5.91 Å². The fourth-order valence-electron chi connectivity index (χ4n) is 1.26. The molecular weight excluding hydrogens is 223 g/mol. The minimum atomic E-state index is -1.10. The third kappa shape index (κ3) is 6.58. The molecule has 5 heteroatoms. The second-order valence-corrected chi connectivity index (χ2v) is 4.97. The van der Waals surface area contributed by atoms with Crippen molar-refractivity contribution in [1.82, 2.24) is 9.80 Å². The lowest BCUT2D eigenvalue weighted by molar-refractivity contribution is -0.138. The molecule has 0 aromatic rings. The van der Waals surface area contributed by atoms with Gasteiger partial charge in [-0.3, -0.25) is 9.69 Å². The van der Waals surface area contributed by atoms with Crippen LogP contribution in [0.5, 0.6) is 0 Å². The average molecular weight is 248 g/mol. The highest BCUT2D eigenvalue weighted by atomic mass is 19.1. The van der Waals surface area contributed by atoms with Gasteiger partial charge in [-0.25, -0.2) is 4.39 Å². The molecule has 0 saturated heterocycles. The molecular formula is C12H25FN2O2. The van der Waals surface area contributed by atoms with E-state index in [1.54, 1.807) is 27.9 Å². The van der Waals surface area contributed by atoms with E-state index in [1.165, 1.54) is 9.80 Å². The highest BCUT2D eigenvalue weighted by Gasteiger charge is 2.21. The van der Waals surface area contributed by atoms with Crippen LogP contribution in [0.15, 0.2) is 0 Å². The Bertz CT molecular complexity index is 235. The van der Waals surface area contributed by atoms with Gasteiger partial charge in [-0.15, -0.1) is 0 Å². The normalized spacial score (nSPS) is 13.5. The zero-order valence-corrected chi connectivity index (χ0v) is 11.7. The zero-order chi connectivity index (χ0) is 13.6. The molecule has 0 rings (SSSR count). The Labute approximate surface area is 104 Å². The van der Waals surface area contributed by atoms with Crippen LogP contribution in [-0.2, 0) is 9.53 Å². The van der Waals surface area contributed by atoms with Gasteiger partial charge in [-0.2, -0.15) is 0 Å². The number of halogens is 1. The van der Waals surface area contributed by atoms with E-state index in [4.69, 9.17) is 4.74 Å². The van der Waals surface area contributed by atoms with Crippen molar-refractivity contribution in [2.75, 3.05) is 27.4 Å². The lowest BCUT2D eigenvalue weighted by Crippen LogP contribution is -2.42. The summed E-state index contributed by atoms with van der Waals surface area (Å²) in [7, 11) is 3.26. The van der Waals surface area contributed by atoms with Gasteiger partial charge in [-0.05, 0) is 26.8 Å². The van der Waals surface area contributed by atoms with E-state index >= 15 is 0 Å². The molecule has 1 amide bonds. The summed E-state index contributed by atoms with van der Waals surface area (Å²) in [4.78, 5) is 14.6. The molecule has 0 aromatic heterocycles. The molecule has 4 nitrogen and oxygen atoms in total. The van der Waals surface area contributed by atoms with E-state index in [0.29, 0.717) is 0 Å². The summed E-state index contributed by atoms with van der Waals surface area (Å²) in [6, 6.07) is 0. The van der Waals surface area contributed by atoms with Gasteiger partial charge in [0.1, 0.15) is 6.73 Å². The second-order valence-electron chi connectivity index (χ2n) is 4.97. The molecule has 0 aliphatic rings. The van der Waals surface area contributed by atoms with Crippen molar-refractivity contribution in [3.63, 3.8) is 0 Å². The summed E-state index contributed by atoms with van der Waals surface area (Å²) in [6.07, 6.45) is -1.02. The van der Waals surface area contributed by atoms with Crippen molar-refractivity contribution in [3.05, 3.63) is 0 Å². The molecule has 0 aliphatic heterocycles. The van der Waals surface area contributed by atoms with E-state index in [0.717, 1.165) is 0 Å². The van der Waals surface area contributed by atoms with E-state index < -0.39 is 6.30 Å². The van der Waals surface area contributed by atoms with E-state index in [9.17, 15) is 9.18 Å². The number of amides is 1. The lowest BCUT2D eigenvalue weighted by atomic mass is 10.2. The molecule has 0 N–H and O–H groups in total. The molecule has 0 aliphatic carbocycles. The van der Waals surface area contributed by atoms with Gasteiger partial charge in [0.15, 0.2) is 6.30 Å². The van der Waals surface area contributed by atoms with E-state index in [2.05, 4.69) is 0 Å². The molecule has 0 saturated carbocycles. The maximum Gasteiger partial charge on any atom is 0.238 e. The summed E-state index contributed by atoms with van der Waals surface area (Å²) < 4.78 is 18.9. The first-order valence-electron chi connectivity index (χ1n) is 5.95. The van der Waals surface area contributed by atoms with Gasteiger partial charge in [-0.1, -0.05) is 13.8 Å². The summed E-state index contributed by atoms with van der Waals surface area (Å²) in [5, 5.41) is 0. The SMILES string of the molecule is CC(C)OCN(C)C(=O)CN(C)C(F)C(C)C. The zero-order valence-electron chi connectivity index (χ0n) is 11.7. The summed E-state index contributed by atoms with van der Waals surface area (Å²) >= 11 is 0. The minimum absolute atomic E-state index is 0.0668. The average Bonchev–Trinajstić information content (AvgIpc) is 2.24. The topological polar surface area (TPSA) is 32.8 Å². The maximum absolute atomic E-state index is 13.6. The third-order valence-electron chi connectivity index (χ3n) is 2.38. The Balaban J connectivity index is 4.07. The van der Waals surface area contributed by atoms with Gasteiger partial charge in [0, 0.05) is 7.05 Å². The van der Waals surface area contributed by atoms with E-state index in [-0.39, 0.29) is 31.2 Å². The van der Waals surface area contributed by atoms with E-state index in [1.807, 2.05) is 13.8 Å². The molecule has 0 radical (unpaired) electrons. The fourth-order valence-corrected chi connectivity index (χ4v) is 1.26. The number of ether oxygens (including phenoxy) is 1. The molecule has 0 spiro atoms. The van der Waals surface area contributed by atoms with Gasteiger partial charge < -0.3 is 9.64 Å². The summed E-state index contributed by atoms with van der Waals surface area (Å²) in [5.74, 6) is -0.263. The molecule has 17 heavy (non-hydrogen) atoms. The first-order valence-corrected chi connectivity index (χ1v) is 5.95. The number of likely N-dealkylation sites (N-methyl/N-ethyl adjacent to an activating group) is 2. The monoisotopic (exact) mass is 248 g/mol. The van der Waals surface area contributed by atoms with Crippen LogP contribution in [-0.4, -0.2) is 55.5 Å². The third-order valence-corrected chi connectivity index (χ3v) is 2.38. The number of rotatable bonds is 7. The van der Waals surface area contributed by atoms with Crippen LogP contribution >= 0.6 is 0 Å². The number of carbonyl (C=O) groups excluding carboxylic acids is 1. The number of alkyl halides is 1. The predicted molar refractivity (Wildman–Crippen MR) is 66.2 cm³/mol. The molecule has 0 aromatic carbocycles. The van der Waals surface area contributed by atoms with Crippen LogP contribution < -0.4 is 0 Å². The van der Waals surface area contributed by atoms with Gasteiger partial charge in [0.05, 0.1) is 12.6 Å². The Morgan fingerprint density at radius 2 is 1.76 bits per heavy atom. The van der Waals surface area contributed by atoms with Crippen LogP contribution in [0.2, 0.25) is 0 Å². The molecule has 0 fully saturated rings. The largest absolute Gasteiger partial charge is 0.358 e. The first kappa shape index (κ1) is 16.3. The van der Waals surface area contributed by atoms with Crippen molar-refractivity contribution in [2.45, 2.75) is 40.1 Å².